The van der Waals surface area contributed by atoms with Crippen LogP contribution in [0.4, 0.5) is 0 Å². The van der Waals surface area contributed by atoms with E-state index in [-0.39, 0.29) is 10.6 Å². The molecule has 4 nitrogen and oxygen atoms in total. The van der Waals surface area contributed by atoms with Gasteiger partial charge >= 0.3 is 0 Å². The molecule has 0 radical (unpaired) electrons. The fourth-order valence-electron chi connectivity index (χ4n) is 1.78. The zero-order valence-electron chi connectivity index (χ0n) is 8.65. The van der Waals surface area contributed by atoms with Crippen LogP contribution in [0.25, 0.3) is 11.4 Å². The molecule has 1 aromatic heterocycles. The third-order valence-corrected chi connectivity index (χ3v) is 2.87. The summed E-state index contributed by atoms with van der Waals surface area (Å²) in [5.41, 5.74) is 2.01. The third-order valence-electron chi connectivity index (χ3n) is 2.53. The summed E-state index contributed by atoms with van der Waals surface area (Å²) in [6.45, 7) is 0.720. The molecule has 0 aliphatic carbocycles. The van der Waals surface area contributed by atoms with Gasteiger partial charge in [0.25, 0.3) is 0 Å². The van der Waals surface area contributed by atoms with Crippen LogP contribution in [0.5, 0.6) is 5.75 Å². The van der Waals surface area contributed by atoms with Gasteiger partial charge in [0, 0.05) is 12.0 Å². The van der Waals surface area contributed by atoms with Crippen molar-refractivity contribution in [3.05, 3.63) is 34.3 Å². The Balaban J connectivity index is 2.09. The molecule has 2 aromatic rings. The largest absolute Gasteiger partial charge is 0.493 e. The number of rotatable bonds is 1. The van der Waals surface area contributed by atoms with E-state index in [2.05, 4.69) is 15.0 Å². The van der Waals surface area contributed by atoms with Gasteiger partial charge in [0.1, 0.15) is 5.75 Å². The monoisotopic (exact) mass is 267 g/mol. The van der Waals surface area contributed by atoms with Gasteiger partial charge < -0.3 is 4.74 Å². The van der Waals surface area contributed by atoms with Crippen molar-refractivity contribution in [2.75, 3.05) is 6.61 Å². The molecule has 3 rings (SSSR count). The molecule has 0 N–H and O–H groups in total. The zero-order chi connectivity index (χ0) is 11.8. The molecule has 0 bridgehead atoms. The Morgan fingerprint density at radius 2 is 1.82 bits per heavy atom. The Bertz CT molecular complexity index is 569. The fourth-order valence-corrected chi connectivity index (χ4v) is 2.14. The number of hydrogen-bond acceptors (Lipinski definition) is 4. The van der Waals surface area contributed by atoms with Crippen LogP contribution >= 0.6 is 23.2 Å². The molecular formula is C11H7Cl2N3O. The van der Waals surface area contributed by atoms with Crippen molar-refractivity contribution >= 4 is 23.2 Å². The molecule has 1 aliphatic heterocycles. The van der Waals surface area contributed by atoms with E-state index in [1.54, 1.807) is 0 Å². The summed E-state index contributed by atoms with van der Waals surface area (Å²) in [4.78, 5) is 11.8. The first-order valence-corrected chi connectivity index (χ1v) is 5.81. The van der Waals surface area contributed by atoms with Crippen LogP contribution in [0, 0.1) is 0 Å². The maximum absolute atomic E-state index is 5.75. The lowest BCUT2D eigenvalue weighted by molar-refractivity contribution is 0.357. The molecule has 0 fully saturated rings. The van der Waals surface area contributed by atoms with Gasteiger partial charge in [0.15, 0.2) is 5.82 Å². The molecule has 0 spiro atoms. The van der Waals surface area contributed by atoms with E-state index < -0.39 is 0 Å². The second-order valence-electron chi connectivity index (χ2n) is 3.62. The van der Waals surface area contributed by atoms with Crippen molar-refractivity contribution in [1.29, 1.82) is 0 Å². The predicted molar refractivity (Wildman–Crippen MR) is 64.5 cm³/mol. The topological polar surface area (TPSA) is 47.9 Å². The average molecular weight is 268 g/mol. The van der Waals surface area contributed by atoms with E-state index in [9.17, 15) is 0 Å². The normalized spacial score (nSPS) is 13.3. The first-order valence-electron chi connectivity index (χ1n) is 5.05. The van der Waals surface area contributed by atoms with E-state index in [4.69, 9.17) is 27.9 Å². The van der Waals surface area contributed by atoms with Crippen molar-refractivity contribution in [3.63, 3.8) is 0 Å². The number of aromatic nitrogens is 3. The minimum atomic E-state index is 0.0942. The molecule has 0 saturated heterocycles. The van der Waals surface area contributed by atoms with Gasteiger partial charge in [-0.05, 0) is 47.0 Å². The first-order chi connectivity index (χ1) is 8.22. The molecule has 0 atom stereocenters. The molecule has 0 unspecified atom stereocenters. The van der Waals surface area contributed by atoms with Crippen LogP contribution in [0.3, 0.4) is 0 Å². The number of ether oxygens (including phenoxy) is 1. The molecule has 1 aliphatic rings. The van der Waals surface area contributed by atoms with Gasteiger partial charge in [-0.2, -0.15) is 15.0 Å². The Hall–Kier alpha value is -1.39. The predicted octanol–water partition coefficient (Wildman–Crippen LogP) is 2.78. The van der Waals surface area contributed by atoms with Crippen LogP contribution in [-0.2, 0) is 6.42 Å². The van der Waals surface area contributed by atoms with Crippen molar-refractivity contribution in [3.8, 4) is 17.1 Å². The van der Waals surface area contributed by atoms with Gasteiger partial charge in [-0.1, -0.05) is 0 Å². The van der Waals surface area contributed by atoms with E-state index in [0.29, 0.717) is 5.82 Å². The first kappa shape index (κ1) is 10.7. The summed E-state index contributed by atoms with van der Waals surface area (Å²) in [7, 11) is 0. The van der Waals surface area contributed by atoms with Crippen molar-refractivity contribution in [1.82, 2.24) is 15.0 Å². The molecular weight excluding hydrogens is 261 g/mol. The van der Waals surface area contributed by atoms with Gasteiger partial charge in [-0.3, -0.25) is 0 Å². The highest BCUT2D eigenvalue weighted by Crippen LogP contribution is 2.29. The molecule has 6 heteroatoms. The number of hydrogen-bond donors (Lipinski definition) is 0. The van der Waals surface area contributed by atoms with Crippen LogP contribution in [0.1, 0.15) is 5.56 Å². The Labute approximate surface area is 108 Å². The van der Waals surface area contributed by atoms with Crippen molar-refractivity contribution in [2.45, 2.75) is 6.42 Å². The van der Waals surface area contributed by atoms with E-state index in [1.807, 2.05) is 18.2 Å². The molecule has 0 saturated carbocycles. The van der Waals surface area contributed by atoms with E-state index >= 15 is 0 Å². The Morgan fingerprint density at radius 1 is 1.06 bits per heavy atom. The summed E-state index contributed by atoms with van der Waals surface area (Å²) in [6.07, 6.45) is 0.899. The van der Waals surface area contributed by atoms with Crippen LogP contribution in [-0.4, -0.2) is 21.6 Å². The molecule has 2 heterocycles. The lowest BCUT2D eigenvalue weighted by Crippen LogP contribution is -1.94. The quantitative estimate of drug-likeness (QED) is 0.797. The minimum absolute atomic E-state index is 0.0942. The van der Waals surface area contributed by atoms with E-state index in [1.165, 1.54) is 0 Å². The summed E-state index contributed by atoms with van der Waals surface area (Å²) < 4.78 is 5.43. The summed E-state index contributed by atoms with van der Waals surface area (Å²) in [5, 5.41) is 0.188. The number of halogens is 2. The Morgan fingerprint density at radius 3 is 2.59 bits per heavy atom. The highest BCUT2D eigenvalue weighted by atomic mass is 35.5. The smallest absolute Gasteiger partial charge is 0.227 e. The average Bonchev–Trinajstić information content (AvgIpc) is 2.74. The highest BCUT2D eigenvalue weighted by Gasteiger charge is 2.14. The van der Waals surface area contributed by atoms with Crippen LogP contribution in [0.2, 0.25) is 10.6 Å². The minimum Gasteiger partial charge on any atom is -0.493 e. The molecule has 17 heavy (non-hydrogen) atoms. The second kappa shape index (κ2) is 4.13. The van der Waals surface area contributed by atoms with Gasteiger partial charge in [0.05, 0.1) is 6.61 Å². The highest BCUT2D eigenvalue weighted by molar-refractivity contribution is 6.31. The summed E-state index contributed by atoms with van der Waals surface area (Å²) in [6, 6.07) is 5.78. The molecule has 1 aromatic carbocycles. The van der Waals surface area contributed by atoms with E-state index in [0.717, 1.165) is 29.9 Å². The number of fused-ring (bicyclic) bond motifs is 1. The lowest BCUT2D eigenvalue weighted by atomic mass is 10.1. The summed E-state index contributed by atoms with van der Waals surface area (Å²) in [5.74, 6) is 1.39. The van der Waals surface area contributed by atoms with Crippen LogP contribution < -0.4 is 4.74 Å². The van der Waals surface area contributed by atoms with Crippen molar-refractivity contribution < 1.29 is 4.74 Å². The summed E-state index contributed by atoms with van der Waals surface area (Å²) >= 11 is 11.5. The maximum atomic E-state index is 5.75. The van der Waals surface area contributed by atoms with Crippen molar-refractivity contribution in [2.24, 2.45) is 0 Å². The maximum Gasteiger partial charge on any atom is 0.227 e. The second-order valence-corrected chi connectivity index (χ2v) is 4.29. The Kier molecular flexibility index (Phi) is 2.61. The standard InChI is InChI=1S/C11H7Cl2N3O/c12-10-14-9(15-11(13)16-10)7-1-2-8-6(5-7)3-4-17-8/h1-2,5H,3-4H2. The van der Waals surface area contributed by atoms with Gasteiger partial charge in [-0.15, -0.1) is 0 Å². The third kappa shape index (κ3) is 2.06. The SMILES string of the molecule is Clc1nc(Cl)nc(-c2ccc3c(c2)CCO3)n1. The fraction of sp³-hybridized carbons (Fsp3) is 0.182. The zero-order valence-corrected chi connectivity index (χ0v) is 10.2. The van der Waals surface area contributed by atoms with Crippen LogP contribution in [0.15, 0.2) is 18.2 Å². The lowest BCUT2D eigenvalue weighted by Gasteiger charge is -2.03. The number of benzene rings is 1. The number of nitrogens with zero attached hydrogens (tertiary/aromatic N) is 3. The molecule has 0 amide bonds. The van der Waals surface area contributed by atoms with Gasteiger partial charge in [0.2, 0.25) is 10.6 Å². The van der Waals surface area contributed by atoms with Gasteiger partial charge in [-0.25, -0.2) is 0 Å². The molecule has 86 valence electrons.